The number of fused-ring (bicyclic) bond motifs is 2. The van der Waals surface area contributed by atoms with Crippen molar-refractivity contribution in [3.63, 3.8) is 0 Å². The van der Waals surface area contributed by atoms with E-state index in [0.29, 0.717) is 11.3 Å². The van der Waals surface area contributed by atoms with Crippen LogP contribution in [-0.2, 0) is 20.4 Å². The highest BCUT2D eigenvalue weighted by atomic mass is 31.2. The number of phosphoric ester groups is 1. The summed E-state index contributed by atoms with van der Waals surface area (Å²) in [6.07, 6.45) is -4.04. The van der Waals surface area contributed by atoms with Gasteiger partial charge in [-0.15, -0.1) is 0 Å². The van der Waals surface area contributed by atoms with Crippen LogP contribution in [0, 0.1) is 6.92 Å². The molecule has 0 aliphatic rings. The molecule has 3 aromatic rings. The third kappa shape index (κ3) is 4.85. The number of phosphoric acid groups is 1. The number of nitrogens with one attached hydrogen (secondary N) is 2. The van der Waals surface area contributed by atoms with Crippen LogP contribution in [0.2, 0.25) is 0 Å². The number of ketones is 1. The van der Waals surface area contributed by atoms with Crippen LogP contribution in [0.25, 0.3) is 22.2 Å². The van der Waals surface area contributed by atoms with Crippen molar-refractivity contribution in [1.29, 1.82) is 0 Å². The molecule has 0 saturated heterocycles. The number of hydrogen-bond donors (Lipinski definition) is 7. The van der Waals surface area contributed by atoms with Crippen LogP contribution in [0.5, 0.6) is 0 Å². The first-order valence-electron chi connectivity index (χ1n) is 8.72. The number of anilines is 1. The number of carbonyl (C=O) groups excluding carboxylic acids is 1. The van der Waals surface area contributed by atoms with Gasteiger partial charge in [0.15, 0.2) is 12.1 Å². The van der Waals surface area contributed by atoms with E-state index in [-0.39, 0.29) is 22.2 Å². The van der Waals surface area contributed by atoms with E-state index in [9.17, 15) is 29.2 Å². The van der Waals surface area contributed by atoms with Gasteiger partial charge in [0.1, 0.15) is 17.7 Å². The predicted octanol–water partition coefficient (Wildman–Crippen LogP) is -2.66. The molecular formula is C16H19N5O9P+. The molecule has 1 aromatic carbocycles. The van der Waals surface area contributed by atoms with Gasteiger partial charge in [-0.05, 0) is 18.6 Å². The number of aromatic amines is 2. The fourth-order valence-electron chi connectivity index (χ4n) is 2.90. The summed E-state index contributed by atoms with van der Waals surface area (Å²) < 4.78 is 16.0. The molecule has 31 heavy (non-hydrogen) atoms. The number of nitrogens with zero attached hydrogens (tertiary/aromatic N) is 2. The molecule has 2 heterocycles. The molecule has 0 unspecified atom stereocenters. The van der Waals surface area contributed by atoms with Gasteiger partial charge in [0, 0.05) is 11.8 Å². The van der Waals surface area contributed by atoms with E-state index < -0.39 is 50.2 Å². The number of nitrogen functional groups attached to an aromatic ring is 1. The fourth-order valence-corrected chi connectivity index (χ4v) is 3.25. The first-order valence-corrected chi connectivity index (χ1v) is 10.3. The Balaban J connectivity index is 2.09. The van der Waals surface area contributed by atoms with Crippen molar-refractivity contribution in [3.8, 4) is 0 Å². The van der Waals surface area contributed by atoms with Crippen molar-refractivity contribution in [2.45, 2.75) is 25.7 Å². The minimum absolute atomic E-state index is 0.133. The second kappa shape index (κ2) is 8.26. The first-order chi connectivity index (χ1) is 14.4. The van der Waals surface area contributed by atoms with Gasteiger partial charge < -0.3 is 25.7 Å². The lowest BCUT2D eigenvalue weighted by Gasteiger charge is -2.17. The molecular weight excluding hydrogens is 437 g/mol. The highest BCUT2D eigenvalue weighted by Crippen LogP contribution is 2.35. The Hall–Kier alpha value is -3.00. The van der Waals surface area contributed by atoms with Gasteiger partial charge in [-0.25, -0.2) is 18.9 Å². The molecule has 0 aliphatic heterocycles. The second-order valence-corrected chi connectivity index (χ2v) is 8.01. The topological polar surface area (TPSA) is 233 Å². The van der Waals surface area contributed by atoms with Crippen molar-refractivity contribution in [3.05, 3.63) is 38.5 Å². The molecule has 0 spiro atoms. The molecule has 14 nitrogen and oxygen atoms in total. The zero-order valence-corrected chi connectivity index (χ0v) is 16.9. The lowest BCUT2D eigenvalue weighted by molar-refractivity contribution is -0.634. The van der Waals surface area contributed by atoms with Crippen LogP contribution < -0.4 is 21.5 Å². The average molecular weight is 456 g/mol. The van der Waals surface area contributed by atoms with E-state index in [1.54, 1.807) is 13.0 Å². The molecule has 0 radical (unpaired) electrons. The third-order valence-corrected chi connectivity index (χ3v) is 4.96. The van der Waals surface area contributed by atoms with Crippen LogP contribution in [0.15, 0.2) is 21.7 Å². The van der Waals surface area contributed by atoms with Gasteiger partial charge in [-0.3, -0.25) is 19.1 Å². The number of benzene rings is 1. The number of carbonyl (C=O) groups is 1. The molecule has 0 saturated carbocycles. The minimum atomic E-state index is -4.93. The number of H-pyrrole nitrogens is 2. The number of aromatic nitrogens is 4. The largest absolute Gasteiger partial charge is 0.469 e. The van der Waals surface area contributed by atoms with Crippen LogP contribution in [0.1, 0.15) is 5.56 Å². The van der Waals surface area contributed by atoms with E-state index in [1.807, 2.05) is 4.98 Å². The maximum absolute atomic E-state index is 12.6. The number of hydrogen-bond acceptors (Lipinski definition) is 9. The highest BCUT2D eigenvalue weighted by Gasteiger charge is 2.30. The summed E-state index contributed by atoms with van der Waals surface area (Å²) in [6.45, 7) is 0.0439. The Morgan fingerprint density at radius 2 is 1.97 bits per heavy atom. The summed E-state index contributed by atoms with van der Waals surface area (Å²) in [5.74, 6) is -0.999. The van der Waals surface area contributed by atoms with Gasteiger partial charge in [0.05, 0.1) is 6.61 Å². The van der Waals surface area contributed by atoms with E-state index in [1.165, 1.54) is 10.6 Å². The summed E-state index contributed by atoms with van der Waals surface area (Å²) in [4.78, 5) is 62.5. The summed E-state index contributed by atoms with van der Waals surface area (Å²) in [7, 11) is -4.93. The Labute approximate surface area is 172 Å². The molecule has 0 fully saturated rings. The summed E-state index contributed by atoms with van der Waals surface area (Å²) >= 11 is 0. The number of aliphatic hydroxyl groups is 2. The summed E-state index contributed by atoms with van der Waals surface area (Å²) in [6, 6.07) is 3.03. The van der Waals surface area contributed by atoms with Crippen LogP contribution in [-0.4, -0.2) is 59.5 Å². The van der Waals surface area contributed by atoms with E-state index in [4.69, 9.17) is 15.5 Å². The lowest BCUT2D eigenvalue weighted by atomic mass is 10.1. The van der Waals surface area contributed by atoms with Gasteiger partial charge in [-0.2, -0.15) is 4.98 Å². The number of Topliss-reactive ketones (excluding diaryl/α,β-unsaturated/α-hetero) is 1. The zero-order valence-electron chi connectivity index (χ0n) is 16.0. The minimum Gasteiger partial charge on any atom is -0.398 e. The number of aryl methyl sites for hydroxylation is 1. The molecule has 166 valence electrons. The van der Waals surface area contributed by atoms with E-state index in [2.05, 4.69) is 14.5 Å². The standard InChI is InChI=1S/C16H18N5O9P/c1-6-2-8-9(3-7(6)17)21(14-12(18-8)15(25)20-16(26)19-14)4-10(22)13(24)11(23)5-30-31(27,28)29/h2-3,11,13,23-24H,4-5H2,1H3,(H5,17,19,20,25,26,27,28,29)/p+1/t11-,13+/m0/s1. The Morgan fingerprint density at radius 1 is 1.29 bits per heavy atom. The lowest BCUT2D eigenvalue weighted by Crippen LogP contribution is -2.48. The predicted molar refractivity (Wildman–Crippen MR) is 105 cm³/mol. The molecule has 0 bridgehead atoms. The highest BCUT2D eigenvalue weighted by molar-refractivity contribution is 7.46. The molecule has 0 amide bonds. The molecule has 0 aliphatic carbocycles. The van der Waals surface area contributed by atoms with Crippen LogP contribution in [0.3, 0.4) is 0 Å². The van der Waals surface area contributed by atoms with Crippen LogP contribution in [0.4, 0.5) is 5.69 Å². The normalized spacial score (nSPS) is 14.1. The molecule has 3 rings (SSSR count). The van der Waals surface area contributed by atoms with Crippen molar-refractivity contribution < 1.29 is 38.5 Å². The Morgan fingerprint density at radius 3 is 2.61 bits per heavy atom. The van der Waals surface area contributed by atoms with Gasteiger partial charge >= 0.3 is 19.2 Å². The van der Waals surface area contributed by atoms with Crippen LogP contribution >= 0.6 is 7.82 Å². The number of rotatable bonds is 7. The van der Waals surface area contributed by atoms with Gasteiger partial charge in [0.2, 0.25) is 11.3 Å². The van der Waals surface area contributed by atoms with E-state index in [0.717, 1.165) is 0 Å². The fraction of sp³-hybridized carbons (Fsp3) is 0.312. The van der Waals surface area contributed by atoms with Gasteiger partial charge in [-0.1, -0.05) is 0 Å². The summed E-state index contributed by atoms with van der Waals surface area (Å²) in [5, 5.41) is 19.9. The number of nitrogens with two attached hydrogens (primary N) is 1. The smallest absolute Gasteiger partial charge is 0.398 e. The monoisotopic (exact) mass is 456 g/mol. The average Bonchev–Trinajstić information content (AvgIpc) is 2.67. The van der Waals surface area contributed by atoms with Crippen molar-refractivity contribution in [2.75, 3.05) is 12.3 Å². The Bertz CT molecular complexity index is 1350. The van der Waals surface area contributed by atoms with E-state index >= 15 is 0 Å². The Kier molecular flexibility index (Phi) is 6.04. The SMILES string of the molecule is Cc1cc2nc3c(=O)[nH]c(=O)[nH]c3[n+](CC(=O)[C@@H](O)[C@@H](O)COP(=O)(O)O)c2cc1N. The van der Waals surface area contributed by atoms with Gasteiger partial charge in [0.25, 0.3) is 5.56 Å². The maximum Gasteiger partial charge on any atom is 0.469 e. The van der Waals surface area contributed by atoms with Crippen molar-refractivity contribution >= 4 is 41.5 Å². The molecule has 8 N–H and O–H groups in total. The zero-order chi connectivity index (χ0) is 23.1. The van der Waals surface area contributed by atoms with Crippen molar-refractivity contribution in [1.82, 2.24) is 15.0 Å². The summed E-state index contributed by atoms with van der Waals surface area (Å²) in [5.41, 5.74) is 5.42. The second-order valence-electron chi connectivity index (χ2n) is 6.77. The van der Waals surface area contributed by atoms with Crippen molar-refractivity contribution in [2.24, 2.45) is 0 Å². The first kappa shape index (κ1) is 22.7. The number of aliphatic hydroxyl groups excluding tert-OH is 2. The molecule has 15 heteroatoms. The third-order valence-electron chi connectivity index (χ3n) is 4.48. The quantitative estimate of drug-likeness (QED) is 0.0839. The molecule has 2 aromatic heterocycles. The molecule has 2 atom stereocenters. The maximum atomic E-state index is 12.6.